The topological polar surface area (TPSA) is 63.7 Å². The third kappa shape index (κ3) is 2.78. The SMILES string of the molecule is FC(F)COc1cnc(-c2ccc(Cl)c3[nH]ncc23)cn1. The molecule has 0 radical (unpaired) electrons. The van der Waals surface area contributed by atoms with Crippen molar-refractivity contribution < 1.29 is 13.5 Å². The van der Waals surface area contributed by atoms with Crippen LogP contribution in [0.3, 0.4) is 0 Å². The van der Waals surface area contributed by atoms with Gasteiger partial charge >= 0.3 is 0 Å². The van der Waals surface area contributed by atoms with Crippen molar-refractivity contribution in [2.24, 2.45) is 0 Å². The quantitative estimate of drug-likeness (QED) is 0.803. The number of alkyl halides is 2. The number of halogens is 3. The highest BCUT2D eigenvalue weighted by molar-refractivity contribution is 6.35. The number of hydrogen-bond acceptors (Lipinski definition) is 4. The minimum Gasteiger partial charge on any atom is -0.470 e. The smallest absolute Gasteiger partial charge is 0.272 e. The van der Waals surface area contributed by atoms with Crippen LogP contribution in [-0.2, 0) is 0 Å². The van der Waals surface area contributed by atoms with Gasteiger partial charge in [0.1, 0.15) is 0 Å². The molecule has 0 fully saturated rings. The van der Waals surface area contributed by atoms with Crippen molar-refractivity contribution >= 4 is 22.5 Å². The van der Waals surface area contributed by atoms with Gasteiger partial charge in [-0.15, -0.1) is 0 Å². The van der Waals surface area contributed by atoms with Crippen LogP contribution in [0.15, 0.2) is 30.7 Å². The fourth-order valence-electron chi connectivity index (χ4n) is 1.90. The fourth-order valence-corrected chi connectivity index (χ4v) is 2.11. The Morgan fingerprint density at radius 3 is 2.76 bits per heavy atom. The summed E-state index contributed by atoms with van der Waals surface area (Å²) in [4.78, 5) is 8.13. The van der Waals surface area contributed by atoms with Gasteiger partial charge in [-0.05, 0) is 6.07 Å². The number of hydrogen-bond donors (Lipinski definition) is 1. The van der Waals surface area contributed by atoms with Crippen LogP contribution in [0.5, 0.6) is 5.88 Å². The fraction of sp³-hybridized carbons (Fsp3) is 0.154. The summed E-state index contributed by atoms with van der Waals surface area (Å²) >= 11 is 6.06. The maximum absolute atomic E-state index is 12.0. The van der Waals surface area contributed by atoms with Gasteiger partial charge < -0.3 is 4.74 Å². The summed E-state index contributed by atoms with van der Waals surface area (Å²) in [7, 11) is 0. The van der Waals surface area contributed by atoms with Gasteiger partial charge in [0.05, 0.1) is 34.8 Å². The largest absolute Gasteiger partial charge is 0.470 e. The van der Waals surface area contributed by atoms with E-state index < -0.39 is 13.0 Å². The van der Waals surface area contributed by atoms with Crippen LogP contribution in [0.2, 0.25) is 5.02 Å². The van der Waals surface area contributed by atoms with Crippen LogP contribution in [0.25, 0.3) is 22.2 Å². The van der Waals surface area contributed by atoms with Gasteiger partial charge in [0, 0.05) is 10.9 Å². The highest BCUT2D eigenvalue weighted by Gasteiger charge is 2.11. The average molecular weight is 311 g/mol. The first-order chi connectivity index (χ1) is 10.1. The molecule has 0 saturated carbocycles. The minimum absolute atomic E-state index is 0.0523. The molecule has 0 unspecified atom stereocenters. The van der Waals surface area contributed by atoms with Crippen molar-refractivity contribution in [3.05, 3.63) is 35.7 Å². The number of aromatic nitrogens is 4. The monoisotopic (exact) mass is 310 g/mol. The zero-order valence-corrected chi connectivity index (χ0v) is 11.3. The molecule has 1 N–H and O–H groups in total. The van der Waals surface area contributed by atoms with E-state index in [0.717, 1.165) is 10.9 Å². The Bertz CT molecular complexity index is 760. The Morgan fingerprint density at radius 1 is 1.19 bits per heavy atom. The number of aromatic amines is 1. The molecule has 8 heteroatoms. The van der Waals surface area contributed by atoms with Gasteiger partial charge in [-0.25, -0.2) is 18.7 Å². The van der Waals surface area contributed by atoms with Crippen molar-refractivity contribution in [2.75, 3.05) is 6.61 Å². The molecule has 108 valence electrons. The minimum atomic E-state index is -2.55. The Labute approximate surface area is 122 Å². The van der Waals surface area contributed by atoms with Crippen LogP contribution in [-0.4, -0.2) is 33.2 Å². The van der Waals surface area contributed by atoms with Crippen LogP contribution < -0.4 is 4.74 Å². The first-order valence-electron chi connectivity index (χ1n) is 6.00. The number of fused-ring (bicyclic) bond motifs is 1. The van der Waals surface area contributed by atoms with Crippen molar-refractivity contribution in [2.45, 2.75) is 6.43 Å². The third-order valence-electron chi connectivity index (χ3n) is 2.83. The molecule has 3 aromatic rings. The van der Waals surface area contributed by atoms with Crippen molar-refractivity contribution in [1.29, 1.82) is 0 Å². The van der Waals surface area contributed by atoms with E-state index in [0.29, 0.717) is 16.2 Å². The lowest BCUT2D eigenvalue weighted by Gasteiger charge is -2.06. The molecule has 0 amide bonds. The molecule has 21 heavy (non-hydrogen) atoms. The second-order valence-corrected chi connectivity index (χ2v) is 4.60. The van der Waals surface area contributed by atoms with Crippen LogP contribution >= 0.6 is 11.6 Å². The standard InChI is InChI=1S/C13H9ClF2N4O/c14-9-2-1-7(8-3-19-20-13(8)9)10-4-18-12(5-17-10)21-6-11(15)16/h1-5,11H,6H2,(H,19,20). The van der Waals surface area contributed by atoms with Crippen molar-refractivity contribution in [3.63, 3.8) is 0 Å². The normalized spacial score (nSPS) is 11.2. The summed E-state index contributed by atoms with van der Waals surface area (Å²) in [6.45, 7) is -0.707. The molecule has 1 aromatic carbocycles. The highest BCUT2D eigenvalue weighted by atomic mass is 35.5. The lowest BCUT2D eigenvalue weighted by atomic mass is 10.1. The van der Waals surface area contributed by atoms with Gasteiger partial charge in [0.25, 0.3) is 6.43 Å². The zero-order valence-electron chi connectivity index (χ0n) is 10.6. The van der Waals surface area contributed by atoms with Gasteiger partial charge in [0.2, 0.25) is 5.88 Å². The van der Waals surface area contributed by atoms with Crippen LogP contribution in [0, 0.1) is 0 Å². The van der Waals surface area contributed by atoms with E-state index in [1.54, 1.807) is 18.3 Å². The van der Waals surface area contributed by atoms with E-state index >= 15 is 0 Å². The highest BCUT2D eigenvalue weighted by Crippen LogP contribution is 2.30. The van der Waals surface area contributed by atoms with E-state index in [-0.39, 0.29) is 5.88 Å². The van der Waals surface area contributed by atoms with E-state index in [1.165, 1.54) is 12.4 Å². The molecule has 5 nitrogen and oxygen atoms in total. The molecule has 0 aliphatic heterocycles. The summed E-state index contributed by atoms with van der Waals surface area (Å²) < 4.78 is 28.9. The number of benzene rings is 1. The lowest BCUT2D eigenvalue weighted by molar-refractivity contribution is 0.0794. The van der Waals surface area contributed by atoms with Gasteiger partial charge in [-0.2, -0.15) is 5.10 Å². The Balaban J connectivity index is 1.92. The van der Waals surface area contributed by atoms with Crippen molar-refractivity contribution in [1.82, 2.24) is 20.2 Å². The molecule has 0 aliphatic carbocycles. The Hall–Kier alpha value is -2.28. The van der Waals surface area contributed by atoms with Gasteiger partial charge in [-0.3, -0.25) is 5.10 Å². The maximum atomic E-state index is 12.0. The second-order valence-electron chi connectivity index (χ2n) is 4.20. The Kier molecular flexibility index (Phi) is 3.66. The van der Waals surface area contributed by atoms with E-state index in [4.69, 9.17) is 16.3 Å². The molecule has 0 spiro atoms. The number of rotatable bonds is 4. The maximum Gasteiger partial charge on any atom is 0.272 e. The second kappa shape index (κ2) is 5.61. The molecule has 0 atom stereocenters. The molecular weight excluding hydrogens is 302 g/mol. The number of ether oxygens (including phenoxy) is 1. The van der Waals surface area contributed by atoms with Crippen LogP contribution in [0.1, 0.15) is 0 Å². The number of H-pyrrole nitrogens is 1. The predicted molar refractivity (Wildman–Crippen MR) is 73.6 cm³/mol. The van der Waals surface area contributed by atoms with E-state index in [9.17, 15) is 8.78 Å². The predicted octanol–water partition coefficient (Wildman–Crippen LogP) is 3.32. The third-order valence-corrected chi connectivity index (χ3v) is 3.14. The molecular formula is C13H9ClF2N4O. The molecule has 0 bridgehead atoms. The molecule has 0 saturated heterocycles. The number of nitrogens with one attached hydrogen (secondary N) is 1. The van der Waals surface area contributed by atoms with E-state index in [1.807, 2.05) is 0 Å². The summed E-state index contributed by atoms with van der Waals surface area (Å²) in [5, 5.41) is 8.11. The molecule has 0 aliphatic rings. The molecule has 3 rings (SSSR count). The zero-order chi connectivity index (χ0) is 14.8. The lowest BCUT2D eigenvalue weighted by Crippen LogP contribution is -2.08. The van der Waals surface area contributed by atoms with Crippen LogP contribution in [0.4, 0.5) is 8.78 Å². The van der Waals surface area contributed by atoms with Gasteiger partial charge in [0.15, 0.2) is 6.61 Å². The first-order valence-corrected chi connectivity index (χ1v) is 6.38. The van der Waals surface area contributed by atoms with Gasteiger partial charge in [-0.1, -0.05) is 17.7 Å². The average Bonchev–Trinajstić information content (AvgIpc) is 2.97. The molecule has 2 heterocycles. The van der Waals surface area contributed by atoms with Crippen molar-refractivity contribution in [3.8, 4) is 17.1 Å². The molecule has 2 aromatic heterocycles. The summed E-state index contributed by atoms with van der Waals surface area (Å²) in [5.74, 6) is 0.0523. The first kappa shape index (κ1) is 13.7. The summed E-state index contributed by atoms with van der Waals surface area (Å²) in [6.07, 6.45) is 1.85. The summed E-state index contributed by atoms with van der Waals surface area (Å²) in [5.41, 5.74) is 2.06. The Morgan fingerprint density at radius 2 is 2.05 bits per heavy atom. The van der Waals surface area contributed by atoms with E-state index in [2.05, 4.69) is 20.2 Å². The summed E-state index contributed by atoms with van der Waals surface area (Å²) in [6, 6.07) is 3.52. The number of nitrogens with zero attached hydrogens (tertiary/aromatic N) is 3.